The molecule has 18 heavy (non-hydrogen) atoms. The second-order valence-electron chi connectivity index (χ2n) is 4.95. The molecule has 0 saturated heterocycles. The third kappa shape index (κ3) is 2.90. The minimum Gasteiger partial charge on any atom is -0.282 e. The first-order valence-electron chi connectivity index (χ1n) is 6.10. The van der Waals surface area contributed by atoms with Gasteiger partial charge in [0.25, 0.3) is 10.1 Å². The van der Waals surface area contributed by atoms with E-state index in [-0.39, 0.29) is 10.8 Å². The topological polar surface area (TPSA) is 54.4 Å². The van der Waals surface area contributed by atoms with Gasteiger partial charge in [0.05, 0.1) is 4.90 Å². The highest BCUT2D eigenvalue weighted by molar-refractivity contribution is 7.85. The Bertz CT molecular complexity index is 539. The summed E-state index contributed by atoms with van der Waals surface area (Å²) in [6.45, 7) is 1.88. The lowest BCUT2D eigenvalue weighted by Gasteiger charge is -2.26. The van der Waals surface area contributed by atoms with Crippen LogP contribution in [0.1, 0.15) is 42.7 Å². The predicted octanol–water partition coefficient (Wildman–Crippen LogP) is 3.24. The van der Waals surface area contributed by atoms with E-state index in [9.17, 15) is 12.8 Å². The van der Waals surface area contributed by atoms with Crippen LogP contribution in [0.3, 0.4) is 0 Å². The van der Waals surface area contributed by atoms with Crippen LogP contribution < -0.4 is 0 Å². The van der Waals surface area contributed by atoms with Gasteiger partial charge in [-0.1, -0.05) is 6.07 Å². The van der Waals surface area contributed by atoms with Gasteiger partial charge in [-0.05, 0) is 61.8 Å². The van der Waals surface area contributed by atoms with Crippen molar-refractivity contribution in [3.8, 4) is 0 Å². The fourth-order valence-corrected chi connectivity index (χ4v) is 3.15. The maximum atomic E-state index is 13.4. The Labute approximate surface area is 107 Å². The van der Waals surface area contributed by atoms with Crippen LogP contribution in [-0.4, -0.2) is 19.1 Å². The third-order valence-electron chi connectivity index (χ3n) is 3.60. The van der Waals surface area contributed by atoms with E-state index in [1.807, 2.05) is 6.92 Å². The summed E-state index contributed by atoms with van der Waals surface area (Å²) in [6, 6.07) is 4.53. The molecule has 2 atom stereocenters. The maximum Gasteiger partial charge on any atom is 0.294 e. The van der Waals surface area contributed by atoms with Gasteiger partial charge < -0.3 is 0 Å². The molecule has 0 aromatic heterocycles. The summed E-state index contributed by atoms with van der Waals surface area (Å²) in [5.74, 6) is 0.0513. The average molecular weight is 272 g/mol. The summed E-state index contributed by atoms with van der Waals surface area (Å²) >= 11 is 0. The maximum absolute atomic E-state index is 13.4. The zero-order chi connectivity index (χ0) is 13.3. The van der Waals surface area contributed by atoms with Gasteiger partial charge in [0.1, 0.15) is 6.17 Å². The lowest BCUT2D eigenvalue weighted by atomic mass is 9.81. The first kappa shape index (κ1) is 13.5. The van der Waals surface area contributed by atoms with Gasteiger partial charge in [-0.25, -0.2) is 4.39 Å². The summed E-state index contributed by atoms with van der Waals surface area (Å²) < 4.78 is 44.7. The van der Waals surface area contributed by atoms with Crippen molar-refractivity contribution in [3.05, 3.63) is 29.3 Å². The van der Waals surface area contributed by atoms with E-state index in [1.54, 1.807) is 6.07 Å². The molecule has 0 radical (unpaired) electrons. The molecule has 0 aliphatic heterocycles. The molecule has 1 saturated carbocycles. The van der Waals surface area contributed by atoms with E-state index in [0.29, 0.717) is 12.8 Å². The number of hydrogen-bond donors (Lipinski definition) is 1. The monoisotopic (exact) mass is 272 g/mol. The highest BCUT2D eigenvalue weighted by Gasteiger charge is 2.25. The van der Waals surface area contributed by atoms with E-state index < -0.39 is 16.3 Å². The summed E-state index contributed by atoms with van der Waals surface area (Å²) in [5.41, 5.74) is 1.79. The average Bonchev–Trinajstić information content (AvgIpc) is 2.28. The van der Waals surface area contributed by atoms with Gasteiger partial charge in [0.15, 0.2) is 0 Å². The lowest BCUT2D eigenvalue weighted by Crippen LogP contribution is -2.16. The minimum absolute atomic E-state index is 0.0513. The number of halogens is 1. The van der Waals surface area contributed by atoms with E-state index >= 15 is 0 Å². The van der Waals surface area contributed by atoms with E-state index in [1.165, 1.54) is 12.1 Å². The van der Waals surface area contributed by atoms with Crippen LogP contribution in [0.5, 0.6) is 0 Å². The summed E-state index contributed by atoms with van der Waals surface area (Å²) in [4.78, 5) is -0.107. The first-order chi connectivity index (χ1) is 8.38. The van der Waals surface area contributed by atoms with Crippen LogP contribution in [0.25, 0.3) is 0 Å². The molecular formula is C13H17FO3S. The largest absolute Gasteiger partial charge is 0.294 e. The van der Waals surface area contributed by atoms with Crippen LogP contribution in [-0.2, 0) is 10.1 Å². The normalized spacial score (nSPS) is 25.1. The van der Waals surface area contributed by atoms with Crippen LogP contribution >= 0.6 is 0 Å². The molecular weight excluding hydrogens is 255 g/mol. The number of alkyl halides is 1. The molecule has 2 unspecified atom stereocenters. The molecule has 3 nitrogen and oxygen atoms in total. The van der Waals surface area contributed by atoms with Gasteiger partial charge in [0, 0.05) is 0 Å². The molecule has 1 aromatic rings. The molecule has 1 aliphatic carbocycles. The zero-order valence-corrected chi connectivity index (χ0v) is 11.1. The van der Waals surface area contributed by atoms with Crippen molar-refractivity contribution in [3.63, 3.8) is 0 Å². The Morgan fingerprint density at radius 2 is 2.06 bits per heavy atom. The highest BCUT2D eigenvalue weighted by atomic mass is 32.2. The fraction of sp³-hybridized carbons (Fsp3) is 0.538. The summed E-state index contributed by atoms with van der Waals surface area (Å²) in [7, 11) is -4.19. The highest BCUT2D eigenvalue weighted by Crippen LogP contribution is 2.36. The number of benzene rings is 1. The Morgan fingerprint density at radius 1 is 1.33 bits per heavy atom. The smallest absolute Gasteiger partial charge is 0.282 e. The molecule has 5 heteroatoms. The standard InChI is InChI=1S/C13H17FO3S/c1-9-5-6-12(18(15,16)17)8-13(9)10-3-2-4-11(14)7-10/h5-6,8,10-11H,2-4,7H2,1H3,(H,15,16,17). The molecule has 1 aliphatic rings. The molecule has 0 amide bonds. The molecule has 100 valence electrons. The molecule has 0 bridgehead atoms. The minimum atomic E-state index is -4.19. The second-order valence-corrected chi connectivity index (χ2v) is 6.38. The fourth-order valence-electron chi connectivity index (χ4n) is 2.63. The Kier molecular flexibility index (Phi) is 3.73. The molecule has 1 fully saturated rings. The van der Waals surface area contributed by atoms with Crippen molar-refractivity contribution in [2.24, 2.45) is 0 Å². The molecule has 1 N–H and O–H groups in total. The van der Waals surface area contributed by atoms with E-state index in [0.717, 1.165) is 24.0 Å². The van der Waals surface area contributed by atoms with Crippen molar-refractivity contribution in [2.75, 3.05) is 0 Å². The van der Waals surface area contributed by atoms with Gasteiger partial charge in [-0.15, -0.1) is 0 Å². The molecule has 2 rings (SSSR count). The van der Waals surface area contributed by atoms with Crippen molar-refractivity contribution < 1.29 is 17.4 Å². The first-order valence-corrected chi connectivity index (χ1v) is 7.54. The Balaban J connectivity index is 2.37. The van der Waals surface area contributed by atoms with Crippen molar-refractivity contribution in [1.82, 2.24) is 0 Å². The Morgan fingerprint density at radius 3 is 2.67 bits per heavy atom. The Hall–Kier alpha value is -0.940. The molecule has 1 aromatic carbocycles. The van der Waals surface area contributed by atoms with Gasteiger partial charge in [-0.2, -0.15) is 8.42 Å². The summed E-state index contributed by atoms with van der Waals surface area (Å²) in [5, 5.41) is 0. The number of aryl methyl sites for hydroxylation is 1. The van der Waals surface area contributed by atoms with Crippen LogP contribution in [0.4, 0.5) is 4.39 Å². The van der Waals surface area contributed by atoms with Crippen molar-refractivity contribution in [2.45, 2.75) is 49.6 Å². The quantitative estimate of drug-likeness (QED) is 0.841. The number of rotatable bonds is 2. The summed E-state index contributed by atoms with van der Waals surface area (Å²) in [6.07, 6.45) is 1.92. The molecule has 0 heterocycles. The number of hydrogen-bond acceptors (Lipinski definition) is 2. The second kappa shape index (κ2) is 4.97. The van der Waals surface area contributed by atoms with Crippen LogP contribution in [0.15, 0.2) is 23.1 Å². The zero-order valence-electron chi connectivity index (χ0n) is 10.3. The van der Waals surface area contributed by atoms with Crippen LogP contribution in [0.2, 0.25) is 0 Å². The van der Waals surface area contributed by atoms with E-state index in [4.69, 9.17) is 4.55 Å². The van der Waals surface area contributed by atoms with Gasteiger partial charge in [-0.3, -0.25) is 4.55 Å². The predicted molar refractivity (Wildman–Crippen MR) is 67.1 cm³/mol. The van der Waals surface area contributed by atoms with Gasteiger partial charge >= 0.3 is 0 Å². The van der Waals surface area contributed by atoms with Crippen LogP contribution in [0, 0.1) is 6.92 Å². The van der Waals surface area contributed by atoms with Crippen molar-refractivity contribution in [1.29, 1.82) is 0 Å². The third-order valence-corrected chi connectivity index (χ3v) is 4.45. The van der Waals surface area contributed by atoms with Gasteiger partial charge in [0.2, 0.25) is 0 Å². The van der Waals surface area contributed by atoms with Crippen molar-refractivity contribution >= 4 is 10.1 Å². The molecule has 0 spiro atoms. The lowest BCUT2D eigenvalue weighted by molar-refractivity contribution is 0.231. The SMILES string of the molecule is Cc1ccc(S(=O)(=O)O)cc1C1CCCC(F)C1. The van der Waals surface area contributed by atoms with E-state index in [2.05, 4.69) is 0 Å².